The Kier molecular flexibility index (Phi) is 6.77. The van der Waals surface area contributed by atoms with Crippen LogP contribution in [0.2, 0.25) is 5.02 Å². The highest BCUT2D eigenvalue weighted by atomic mass is 35.5. The van der Waals surface area contributed by atoms with Crippen LogP contribution in [0.1, 0.15) is 33.5 Å². The molecule has 8 nitrogen and oxygen atoms in total. The largest absolute Gasteiger partial charge is 0.449 e. The molecule has 3 aromatic rings. The minimum absolute atomic E-state index is 0.0122. The fourth-order valence-corrected chi connectivity index (χ4v) is 3.96. The van der Waals surface area contributed by atoms with Gasteiger partial charge in [0.25, 0.3) is 11.6 Å². The molecule has 0 aliphatic heterocycles. The Balaban J connectivity index is 1.68. The van der Waals surface area contributed by atoms with Crippen molar-refractivity contribution in [2.24, 2.45) is 0 Å². The number of nitro groups is 1. The van der Waals surface area contributed by atoms with Crippen molar-refractivity contribution in [1.82, 2.24) is 4.57 Å². The van der Waals surface area contributed by atoms with Crippen LogP contribution >= 0.6 is 22.9 Å². The number of hydrogen-bond acceptors (Lipinski definition) is 6. The number of ether oxygens (including phenoxy) is 1. The molecule has 1 amide bonds. The fraction of sp³-hybridized carbons (Fsp3) is 0.238. The van der Waals surface area contributed by atoms with E-state index >= 15 is 0 Å². The molecule has 162 valence electrons. The number of hydrogen-bond donors (Lipinski definition) is 1. The second-order valence-corrected chi connectivity index (χ2v) is 8.35. The maximum atomic E-state index is 12.7. The standard InChI is InChI=1S/C21H20ClN3O5S/c1-12-9-17(13(2)24(12)11-16-5-4-8-31-16)21(27)30-14(3)20(26)23-19-7-6-15(25(28)29)10-18(19)22/h4-10,14H,11H2,1-3H3,(H,23,26)/t14-/m1/s1. The van der Waals surface area contributed by atoms with E-state index in [1.54, 1.807) is 17.4 Å². The van der Waals surface area contributed by atoms with Gasteiger partial charge >= 0.3 is 5.97 Å². The molecule has 0 unspecified atom stereocenters. The normalized spacial score (nSPS) is 11.7. The summed E-state index contributed by atoms with van der Waals surface area (Å²) in [5.41, 5.74) is 2.05. The molecular formula is C21H20ClN3O5S. The number of nitrogens with one attached hydrogen (secondary N) is 1. The van der Waals surface area contributed by atoms with E-state index in [1.807, 2.05) is 35.9 Å². The van der Waals surface area contributed by atoms with Crippen LogP contribution < -0.4 is 5.32 Å². The summed E-state index contributed by atoms with van der Waals surface area (Å²) in [6.45, 7) is 5.83. The molecule has 0 bridgehead atoms. The van der Waals surface area contributed by atoms with E-state index in [0.29, 0.717) is 12.1 Å². The maximum Gasteiger partial charge on any atom is 0.340 e. The van der Waals surface area contributed by atoms with Crippen molar-refractivity contribution >= 4 is 46.2 Å². The van der Waals surface area contributed by atoms with Gasteiger partial charge in [-0.2, -0.15) is 0 Å². The van der Waals surface area contributed by atoms with Gasteiger partial charge in [-0.25, -0.2) is 4.79 Å². The second-order valence-electron chi connectivity index (χ2n) is 6.91. The minimum atomic E-state index is -1.10. The highest BCUT2D eigenvalue weighted by Crippen LogP contribution is 2.27. The van der Waals surface area contributed by atoms with Gasteiger partial charge in [0.1, 0.15) is 0 Å². The van der Waals surface area contributed by atoms with E-state index in [-0.39, 0.29) is 16.4 Å². The zero-order chi connectivity index (χ0) is 22.7. The first-order chi connectivity index (χ1) is 14.7. The number of non-ortho nitro benzene ring substituents is 1. The Morgan fingerprint density at radius 2 is 2.03 bits per heavy atom. The van der Waals surface area contributed by atoms with Crippen LogP contribution in [0.15, 0.2) is 41.8 Å². The van der Waals surface area contributed by atoms with Crippen LogP contribution in [-0.2, 0) is 16.1 Å². The second kappa shape index (κ2) is 9.32. The summed E-state index contributed by atoms with van der Waals surface area (Å²) in [4.78, 5) is 36.5. The lowest BCUT2D eigenvalue weighted by Gasteiger charge is -2.14. The van der Waals surface area contributed by atoms with E-state index < -0.39 is 22.9 Å². The number of esters is 1. The number of aromatic nitrogens is 1. The van der Waals surface area contributed by atoms with E-state index in [1.165, 1.54) is 19.1 Å². The van der Waals surface area contributed by atoms with Crippen LogP contribution in [0.25, 0.3) is 0 Å². The average molecular weight is 462 g/mol. The Bertz CT molecular complexity index is 1140. The molecule has 0 fully saturated rings. The SMILES string of the molecule is Cc1cc(C(=O)O[C@H](C)C(=O)Nc2ccc([N+](=O)[O-])cc2Cl)c(C)n1Cc1cccs1. The van der Waals surface area contributed by atoms with E-state index in [2.05, 4.69) is 5.32 Å². The van der Waals surface area contributed by atoms with Crippen LogP contribution in [0.3, 0.4) is 0 Å². The summed E-state index contributed by atoms with van der Waals surface area (Å²) in [5, 5.41) is 15.3. The third-order valence-electron chi connectivity index (χ3n) is 4.76. The van der Waals surface area contributed by atoms with Gasteiger partial charge in [-0.15, -0.1) is 11.3 Å². The first kappa shape index (κ1) is 22.5. The number of amides is 1. The average Bonchev–Trinajstić information content (AvgIpc) is 3.33. The molecule has 0 saturated carbocycles. The molecule has 1 N–H and O–H groups in total. The van der Waals surface area contributed by atoms with Gasteiger partial charge in [0, 0.05) is 28.4 Å². The van der Waals surface area contributed by atoms with E-state index in [0.717, 1.165) is 22.3 Å². The highest BCUT2D eigenvalue weighted by molar-refractivity contribution is 7.09. The van der Waals surface area contributed by atoms with Crippen molar-refractivity contribution in [2.75, 3.05) is 5.32 Å². The predicted octanol–water partition coefficient (Wildman–Crippen LogP) is 4.96. The number of halogens is 1. The number of carbonyl (C=O) groups is 2. The van der Waals surface area contributed by atoms with Crippen molar-refractivity contribution in [3.63, 3.8) is 0 Å². The van der Waals surface area contributed by atoms with Crippen molar-refractivity contribution in [3.8, 4) is 0 Å². The number of nitro benzene ring substituents is 1. The molecule has 0 aliphatic rings. The van der Waals surface area contributed by atoms with Gasteiger partial charge in [-0.3, -0.25) is 14.9 Å². The van der Waals surface area contributed by atoms with Crippen molar-refractivity contribution in [3.05, 3.63) is 78.7 Å². The van der Waals surface area contributed by atoms with Crippen molar-refractivity contribution < 1.29 is 19.2 Å². The molecule has 31 heavy (non-hydrogen) atoms. The summed E-state index contributed by atoms with van der Waals surface area (Å²) in [6, 6.07) is 9.42. The summed E-state index contributed by atoms with van der Waals surface area (Å²) >= 11 is 7.63. The molecular weight excluding hydrogens is 442 g/mol. The van der Waals surface area contributed by atoms with Gasteiger partial charge in [-0.1, -0.05) is 17.7 Å². The lowest BCUT2D eigenvalue weighted by molar-refractivity contribution is -0.384. The number of thiophene rings is 1. The molecule has 2 aromatic heterocycles. The number of anilines is 1. The number of aryl methyl sites for hydroxylation is 1. The van der Waals surface area contributed by atoms with Crippen LogP contribution in [0, 0.1) is 24.0 Å². The monoisotopic (exact) mass is 461 g/mol. The van der Waals surface area contributed by atoms with E-state index in [4.69, 9.17) is 16.3 Å². The first-order valence-corrected chi connectivity index (χ1v) is 10.6. The first-order valence-electron chi connectivity index (χ1n) is 9.32. The van der Waals surface area contributed by atoms with Gasteiger partial charge in [0.15, 0.2) is 6.10 Å². The quantitative estimate of drug-likeness (QED) is 0.304. The van der Waals surface area contributed by atoms with Gasteiger partial charge < -0.3 is 14.6 Å². The number of carbonyl (C=O) groups excluding carboxylic acids is 2. The molecule has 3 rings (SSSR count). The van der Waals surface area contributed by atoms with Crippen LogP contribution in [-0.4, -0.2) is 27.5 Å². The third kappa shape index (κ3) is 5.12. The number of rotatable bonds is 7. The Labute approximate surface area is 187 Å². The van der Waals surface area contributed by atoms with Gasteiger partial charge in [0.05, 0.1) is 27.7 Å². The Morgan fingerprint density at radius 3 is 2.65 bits per heavy atom. The lowest BCUT2D eigenvalue weighted by atomic mass is 10.2. The Hall–Kier alpha value is -3.17. The lowest BCUT2D eigenvalue weighted by Crippen LogP contribution is -2.30. The summed E-state index contributed by atoms with van der Waals surface area (Å²) in [6.07, 6.45) is -1.10. The highest BCUT2D eigenvalue weighted by Gasteiger charge is 2.23. The molecule has 1 atom stereocenters. The topological polar surface area (TPSA) is 103 Å². The molecule has 0 spiro atoms. The molecule has 0 aliphatic carbocycles. The third-order valence-corrected chi connectivity index (χ3v) is 5.94. The van der Waals surface area contributed by atoms with Gasteiger partial charge in [0.2, 0.25) is 0 Å². The maximum absolute atomic E-state index is 12.7. The smallest absolute Gasteiger partial charge is 0.340 e. The molecule has 2 heterocycles. The van der Waals surface area contributed by atoms with Crippen molar-refractivity contribution in [2.45, 2.75) is 33.4 Å². The minimum Gasteiger partial charge on any atom is -0.449 e. The number of benzene rings is 1. The van der Waals surface area contributed by atoms with Crippen LogP contribution in [0.5, 0.6) is 0 Å². The zero-order valence-electron chi connectivity index (χ0n) is 17.0. The number of nitrogens with zero attached hydrogens (tertiary/aromatic N) is 2. The predicted molar refractivity (Wildman–Crippen MR) is 119 cm³/mol. The summed E-state index contributed by atoms with van der Waals surface area (Å²) in [5.74, 6) is -1.21. The van der Waals surface area contributed by atoms with Crippen molar-refractivity contribution in [1.29, 1.82) is 0 Å². The summed E-state index contributed by atoms with van der Waals surface area (Å²) < 4.78 is 7.36. The fourth-order valence-electron chi connectivity index (χ4n) is 3.04. The van der Waals surface area contributed by atoms with Gasteiger partial charge in [-0.05, 0) is 44.4 Å². The summed E-state index contributed by atoms with van der Waals surface area (Å²) in [7, 11) is 0. The van der Waals surface area contributed by atoms with E-state index in [9.17, 15) is 19.7 Å². The molecule has 0 radical (unpaired) electrons. The molecule has 1 aromatic carbocycles. The van der Waals surface area contributed by atoms with Crippen LogP contribution in [0.4, 0.5) is 11.4 Å². The molecule has 10 heteroatoms. The Morgan fingerprint density at radius 1 is 1.29 bits per heavy atom. The molecule has 0 saturated heterocycles. The zero-order valence-corrected chi connectivity index (χ0v) is 18.6.